The molecule has 2 aromatic rings. The lowest BCUT2D eigenvalue weighted by atomic mass is 10.0. The first-order valence-electron chi connectivity index (χ1n) is 9.10. The summed E-state index contributed by atoms with van der Waals surface area (Å²) < 4.78 is 5.41. The van der Waals surface area contributed by atoms with Gasteiger partial charge in [-0.05, 0) is 32.0 Å². The molecule has 1 aliphatic rings. The first kappa shape index (κ1) is 18.9. The minimum absolute atomic E-state index is 0.0124. The minimum atomic E-state index is -0.348. The van der Waals surface area contributed by atoms with Crippen LogP contribution in [-0.2, 0) is 16.1 Å². The molecule has 1 saturated heterocycles. The van der Waals surface area contributed by atoms with Crippen molar-refractivity contribution < 1.29 is 14.3 Å². The Bertz CT molecular complexity index is 823. The van der Waals surface area contributed by atoms with Crippen LogP contribution in [0.1, 0.15) is 36.2 Å². The smallest absolute Gasteiger partial charge is 0.225 e. The van der Waals surface area contributed by atoms with Crippen LogP contribution in [0.4, 0.5) is 0 Å². The van der Waals surface area contributed by atoms with Crippen molar-refractivity contribution >= 4 is 11.8 Å². The maximum atomic E-state index is 12.7. The van der Waals surface area contributed by atoms with E-state index in [1.807, 2.05) is 50.2 Å². The Balaban J connectivity index is 1.63. The lowest BCUT2D eigenvalue weighted by Crippen LogP contribution is -2.34. The number of amides is 2. The molecule has 6 nitrogen and oxygen atoms in total. The average Bonchev–Trinajstić information content (AvgIpc) is 3.03. The number of carbonyl (C=O) groups is 2. The maximum absolute atomic E-state index is 12.7. The van der Waals surface area contributed by atoms with E-state index in [9.17, 15) is 9.59 Å². The molecule has 1 aliphatic heterocycles. The number of hydrogen-bond donors (Lipinski definition) is 1. The SMILES string of the molecule is COc1ccc(C)cc1[C@@H](C)NC(=O)[C@H]1CC(=O)N(Cc2ccccn2)C1. The zero-order valence-corrected chi connectivity index (χ0v) is 15.9. The molecule has 3 rings (SSSR count). The van der Waals surface area contributed by atoms with Gasteiger partial charge in [-0.25, -0.2) is 0 Å². The molecule has 1 N–H and O–H groups in total. The van der Waals surface area contributed by atoms with E-state index in [-0.39, 0.29) is 30.2 Å². The van der Waals surface area contributed by atoms with Crippen molar-refractivity contribution in [2.75, 3.05) is 13.7 Å². The summed E-state index contributed by atoms with van der Waals surface area (Å²) in [6.45, 7) is 4.78. The number of likely N-dealkylation sites (tertiary alicyclic amines) is 1. The monoisotopic (exact) mass is 367 g/mol. The molecule has 0 radical (unpaired) electrons. The first-order valence-corrected chi connectivity index (χ1v) is 9.10. The van der Waals surface area contributed by atoms with Crippen molar-refractivity contribution in [3.05, 3.63) is 59.4 Å². The number of nitrogens with one attached hydrogen (secondary N) is 1. The molecule has 0 bridgehead atoms. The Kier molecular flexibility index (Phi) is 5.74. The molecule has 0 spiro atoms. The van der Waals surface area contributed by atoms with E-state index in [2.05, 4.69) is 10.3 Å². The van der Waals surface area contributed by atoms with E-state index in [0.717, 1.165) is 22.6 Å². The van der Waals surface area contributed by atoms with E-state index < -0.39 is 0 Å². The molecule has 2 amide bonds. The van der Waals surface area contributed by atoms with Crippen molar-refractivity contribution in [2.24, 2.45) is 5.92 Å². The van der Waals surface area contributed by atoms with E-state index in [1.54, 1.807) is 18.2 Å². The predicted octanol–water partition coefficient (Wildman–Crippen LogP) is 2.62. The third-order valence-corrected chi connectivity index (χ3v) is 4.87. The minimum Gasteiger partial charge on any atom is -0.496 e. The second-order valence-corrected chi connectivity index (χ2v) is 6.97. The zero-order valence-electron chi connectivity index (χ0n) is 15.9. The highest BCUT2D eigenvalue weighted by molar-refractivity contribution is 5.89. The van der Waals surface area contributed by atoms with E-state index in [4.69, 9.17) is 4.74 Å². The number of methoxy groups -OCH3 is 1. The zero-order chi connectivity index (χ0) is 19.4. The van der Waals surface area contributed by atoms with Crippen LogP contribution in [0.3, 0.4) is 0 Å². The van der Waals surface area contributed by atoms with Gasteiger partial charge in [0.05, 0.1) is 31.3 Å². The van der Waals surface area contributed by atoms with E-state index in [1.165, 1.54) is 0 Å². The number of benzene rings is 1. The van der Waals surface area contributed by atoms with Crippen molar-refractivity contribution in [1.82, 2.24) is 15.2 Å². The maximum Gasteiger partial charge on any atom is 0.225 e. The molecule has 2 heterocycles. The van der Waals surface area contributed by atoms with Crippen LogP contribution < -0.4 is 10.1 Å². The van der Waals surface area contributed by atoms with Gasteiger partial charge in [0.2, 0.25) is 11.8 Å². The largest absolute Gasteiger partial charge is 0.496 e. The Morgan fingerprint density at radius 3 is 2.89 bits per heavy atom. The fourth-order valence-corrected chi connectivity index (χ4v) is 3.39. The van der Waals surface area contributed by atoms with Crippen LogP contribution in [0.25, 0.3) is 0 Å². The second kappa shape index (κ2) is 8.20. The number of aromatic nitrogens is 1. The van der Waals surface area contributed by atoms with Gasteiger partial charge in [0.1, 0.15) is 5.75 Å². The molecular weight excluding hydrogens is 342 g/mol. The van der Waals surface area contributed by atoms with E-state index in [0.29, 0.717) is 13.1 Å². The molecule has 2 atom stereocenters. The van der Waals surface area contributed by atoms with Crippen LogP contribution in [0, 0.1) is 12.8 Å². The summed E-state index contributed by atoms with van der Waals surface area (Å²) in [6, 6.07) is 11.3. The third-order valence-electron chi connectivity index (χ3n) is 4.87. The molecule has 0 aliphatic carbocycles. The normalized spacial score (nSPS) is 17.7. The van der Waals surface area contributed by atoms with Gasteiger partial charge in [-0.3, -0.25) is 14.6 Å². The number of rotatable bonds is 6. The number of carbonyl (C=O) groups excluding carboxylic acids is 2. The van der Waals surface area contributed by atoms with Crippen molar-refractivity contribution in [3.63, 3.8) is 0 Å². The van der Waals surface area contributed by atoms with Gasteiger partial charge < -0.3 is 15.0 Å². The van der Waals surface area contributed by atoms with Gasteiger partial charge >= 0.3 is 0 Å². The molecule has 0 saturated carbocycles. The van der Waals surface area contributed by atoms with Crippen LogP contribution >= 0.6 is 0 Å². The van der Waals surface area contributed by atoms with Crippen molar-refractivity contribution in [1.29, 1.82) is 0 Å². The average molecular weight is 367 g/mol. The van der Waals surface area contributed by atoms with Gasteiger partial charge in [0.15, 0.2) is 0 Å². The van der Waals surface area contributed by atoms with Crippen LogP contribution in [0.5, 0.6) is 5.75 Å². The summed E-state index contributed by atoms with van der Waals surface area (Å²) in [5.41, 5.74) is 2.86. The highest BCUT2D eigenvalue weighted by atomic mass is 16.5. The molecule has 6 heteroatoms. The molecule has 142 valence electrons. The lowest BCUT2D eigenvalue weighted by Gasteiger charge is -2.20. The predicted molar refractivity (Wildman–Crippen MR) is 102 cm³/mol. The van der Waals surface area contributed by atoms with Crippen molar-refractivity contribution in [3.8, 4) is 5.75 Å². The summed E-state index contributed by atoms with van der Waals surface area (Å²) in [5.74, 6) is 0.275. The van der Waals surface area contributed by atoms with Crippen molar-refractivity contribution in [2.45, 2.75) is 32.9 Å². The number of hydrogen-bond acceptors (Lipinski definition) is 4. The molecular formula is C21H25N3O3. The standard InChI is InChI=1S/C21H25N3O3/c1-14-7-8-19(27-3)18(10-14)15(2)23-21(26)16-11-20(25)24(12-16)13-17-6-4-5-9-22-17/h4-10,15-16H,11-13H2,1-3H3,(H,23,26)/t15-,16+/m1/s1. The highest BCUT2D eigenvalue weighted by Crippen LogP contribution is 2.27. The van der Waals surface area contributed by atoms with Crippen LogP contribution in [0.2, 0.25) is 0 Å². The lowest BCUT2D eigenvalue weighted by molar-refractivity contribution is -0.129. The van der Waals surface area contributed by atoms with Gasteiger partial charge in [0, 0.05) is 24.7 Å². The van der Waals surface area contributed by atoms with Gasteiger partial charge in [-0.15, -0.1) is 0 Å². The quantitative estimate of drug-likeness (QED) is 0.852. The topological polar surface area (TPSA) is 71.5 Å². The first-order chi connectivity index (χ1) is 13.0. The Hall–Kier alpha value is -2.89. The van der Waals surface area contributed by atoms with E-state index >= 15 is 0 Å². The number of ether oxygens (including phenoxy) is 1. The summed E-state index contributed by atoms with van der Waals surface area (Å²) in [5, 5.41) is 3.03. The van der Waals surface area contributed by atoms with Gasteiger partial charge in [-0.2, -0.15) is 0 Å². The highest BCUT2D eigenvalue weighted by Gasteiger charge is 2.35. The fraction of sp³-hybridized carbons (Fsp3) is 0.381. The molecule has 0 unspecified atom stereocenters. The summed E-state index contributed by atoms with van der Waals surface area (Å²) in [7, 11) is 1.62. The summed E-state index contributed by atoms with van der Waals surface area (Å²) >= 11 is 0. The Morgan fingerprint density at radius 1 is 1.37 bits per heavy atom. The fourth-order valence-electron chi connectivity index (χ4n) is 3.39. The number of nitrogens with zero attached hydrogens (tertiary/aromatic N) is 2. The van der Waals surface area contributed by atoms with Crippen LogP contribution in [-0.4, -0.2) is 35.4 Å². The molecule has 1 fully saturated rings. The summed E-state index contributed by atoms with van der Waals surface area (Å²) in [6.07, 6.45) is 1.94. The third kappa shape index (κ3) is 4.45. The summed E-state index contributed by atoms with van der Waals surface area (Å²) in [4.78, 5) is 31.0. The van der Waals surface area contributed by atoms with Gasteiger partial charge in [-0.1, -0.05) is 23.8 Å². The molecule has 27 heavy (non-hydrogen) atoms. The molecule has 1 aromatic carbocycles. The van der Waals surface area contributed by atoms with Gasteiger partial charge in [0.25, 0.3) is 0 Å². The van der Waals surface area contributed by atoms with Crippen LogP contribution in [0.15, 0.2) is 42.6 Å². The molecule has 1 aromatic heterocycles. The number of aryl methyl sites for hydroxylation is 1. The Morgan fingerprint density at radius 2 is 2.19 bits per heavy atom. The number of pyridine rings is 1. The second-order valence-electron chi connectivity index (χ2n) is 6.97. The Labute approximate surface area is 159 Å².